The van der Waals surface area contributed by atoms with E-state index in [4.69, 9.17) is 17.0 Å². The number of nitro groups is 1. The standard InChI is InChI=1S/C15H16N4O3S/c1-9-6-10(2)16-14(7-9)18-15(23)17-12-5-4-11(19(20)21)8-13(12)22-3/h4-8H,1-3H3,(H2,16,17,18,23). The van der Waals surface area contributed by atoms with Crippen LogP contribution in [-0.4, -0.2) is 22.1 Å². The van der Waals surface area contributed by atoms with Crippen molar-refractivity contribution in [1.82, 2.24) is 4.98 Å². The van der Waals surface area contributed by atoms with E-state index in [1.54, 1.807) is 6.07 Å². The molecule has 0 spiro atoms. The molecule has 0 atom stereocenters. The quantitative estimate of drug-likeness (QED) is 0.503. The molecule has 1 aromatic heterocycles. The fraction of sp³-hybridized carbons (Fsp3) is 0.200. The molecule has 0 radical (unpaired) electrons. The monoisotopic (exact) mass is 332 g/mol. The third-order valence-corrected chi connectivity index (χ3v) is 3.19. The van der Waals surface area contributed by atoms with E-state index in [1.165, 1.54) is 19.2 Å². The normalized spacial score (nSPS) is 10.0. The Hall–Kier alpha value is -2.74. The molecule has 0 aliphatic carbocycles. The van der Waals surface area contributed by atoms with E-state index in [2.05, 4.69) is 15.6 Å². The number of ether oxygens (including phenoxy) is 1. The van der Waals surface area contributed by atoms with Crippen LogP contribution in [0.3, 0.4) is 0 Å². The van der Waals surface area contributed by atoms with Gasteiger partial charge in [-0.1, -0.05) is 0 Å². The second-order valence-electron chi connectivity index (χ2n) is 4.89. The molecule has 120 valence electrons. The largest absolute Gasteiger partial charge is 0.494 e. The first-order valence-electron chi connectivity index (χ1n) is 6.75. The Balaban J connectivity index is 2.15. The number of nitro benzene ring substituents is 1. The summed E-state index contributed by atoms with van der Waals surface area (Å²) in [6.45, 7) is 3.86. The number of aryl methyl sites for hydroxylation is 2. The lowest BCUT2D eigenvalue weighted by Crippen LogP contribution is -2.20. The van der Waals surface area contributed by atoms with Crippen molar-refractivity contribution in [2.75, 3.05) is 17.7 Å². The minimum Gasteiger partial charge on any atom is -0.494 e. The van der Waals surface area contributed by atoms with Crippen LogP contribution in [0.2, 0.25) is 0 Å². The fourth-order valence-corrected chi connectivity index (χ4v) is 2.29. The molecule has 0 saturated heterocycles. The highest BCUT2D eigenvalue weighted by Crippen LogP contribution is 2.29. The van der Waals surface area contributed by atoms with Crippen LogP contribution in [-0.2, 0) is 0 Å². The molecule has 1 heterocycles. The third kappa shape index (κ3) is 4.36. The highest BCUT2D eigenvalue weighted by Gasteiger charge is 2.12. The van der Waals surface area contributed by atoms with E-state index < -0.39 is 4.92 Å². The van der Waals surface area contributed by atoms with Crippen molar-refractivity contribution in [1.29, 1.82) is 0 Å². The van der Waals surface area contributed by atoms with Gasteiger partial charge in [-0.25, -0.2) is 4.98 Å². The summed E-state index contributed by atoms with van der Waals surface area (Å²) in [6.07, 6.45) is 0. The molecular formula is C15H16N4O3S. The van der Waals surface area contributed by atoms with Crippen molar-refractivity contribution in [2.24, 2.45) is 0 Å². The molecule has 2 aromatic rings. The van der Waals surface area contributed by atoms with Gasteiger partial charge in [0.1, 0.15) is 11.6 Å². The number of nitrogens with zero attached hydrogens (tertiary/aromatic N) is 2. The van der Waals surface area contributed by atoms with Crippen LogP contribution in [0, 0.1) is 24.0 Å². The molecule has 0 unspecified atom stereocenters. The first-order chi connectivity index (χ1) is 10.9. The van der Waals surface area contributed by atoms with Crippen LogP contribution < -0.4 is 15.4 Å². The Morgan fingerprint density at radius 2 is 2.00 bits per heavy atom. The molecule has 0 aliphatic heterocycles. The van der Waals surface area contributed by atoms with Gasteiger partial charge in [0.2, 0.25) is 0 Å². The van der Waals surface area contributed by atoms with Crippen molar-refractivity contribution in [3.05, 3.63) is 51.7 Å². The molecule has 2 rings (SSSR count). The number of rotatable bonds is 4. The third-order valence-electron chi connectivity index (χ3n) is 2.98. The van der Waals surface area contributed by atoms with E-state index >= 15 is 0 Å². The number of benzene rings is 1. The Morgan fingerprint density at radius 3 is 2.61 bits per heavy atom. The molecule has 7 nitrogen and oxygen atoms in total. The Labute approximate surface area is 138 Å². The average Bonchev–Trinajstić information content (AvgIpc) is 2.46. The van der Waals surface area contributed by atoms with Gasteiger partial charge in [-0.05, 0) is 49.8 Å². The number of anilines is 2. The van der Waals surface area contributed by atoms with Crippen LogP contribution in [0.5, 0.6) is 5.75 Å². The topological polar surface area (TPSA) is 89.3 Å². The summed E-state index contributed by atoms with van der Waals surface area (Å²) >= 11 is 5.24. The molecule has 23 heavy (non-hydrogen) atoms. The fourth-order valence-electron chi connectivity index (χ4n) is 2.07. The highest BCUT2D eigenvalue weighted by atomic mass is 32.1. The number of thiocarbonyl (C=S) groups is 1. The molecule has 0 bridgehead atoms. The lowest BCUT2D eigenvalue weighted by molar-refractivity contribution is -0.384. The van der Waals surface area contributed by atoms with Gasteiger partial charge in [0.25, 0.3) is 5.69 Å². The molecule has 2 N–H and O–H groups in total. The number of aromatic nitrogens is 1. The van der Waals surface area contributed by atoms with E-state index in [1.807, 2.05) is 26.0 Å². The van der Waals surface area contributed by atoms with E-state index in [0.29, 0.717) is 22.4 Å². The van der Waals surface area contributed by atoms with Crippen LogP contribution in [0.1, 0.15) is 11.3 Å². The summed E-state index contributed by atoms with van der Waals surface area (Å²) in [5.41, 5.74) is 2.42. The van der Waals surface area contributed by atoms with Crippen molar-refractivity contribution < 1.29 is 9.66 Å². The molecule has 0 saturated carbocycles. The minimum absolute atomic E-state index is 0.0535. The maximum absolute atomic E-state index is 10.8. The number of pyridine rings is 1. The average molecular weight is 332 g/mol. The van der Waals surface area contributed by atoms with Gasteiger partial charge in [0.05, 0.1) is 23.8 Å². The molecule has 0 fully saturated rings. The zero-order valence-electron chi connectivity index (χ0n) is 12.9. The molecule has 8 heteroatoms. The Bertz CT molecular complexity index is 744. The van der Waals surface area contributed by atoms with Crippen LogP contribution in [0.15, 0.2) is 30.3 Å². The number of non-ortho nitro benzene ring substituents is 1. The number of hydrogen-bond acceptors (Lipinski definition) is 5. The van der Waals surface area contributed by atoms with E-state index in [0.717, 1.165) is 11.3 Å². The lowest BCUT2D eigenvalue weighted by Gasteiger charge is -2.13. The predicted molar refractivity (Wildman–Crippen MR) is 93.2 cm³/mol. The zero-order chi connectivity index (χ0) is 17.0. The number of nitrogens with one attached hydrogen (secondary N) is 2. The van der Waals surface area contributed by atoms with Gasteiger partial charge in [-0.3, -0.25) is 10.1 Å². The van der Waals surface area contributed by atoms with Crippen LogP contribution >= 0.6 is 12.2 Å². The lowest BCUT2D eigenvalue weighted by atomic mass is 10.2. The van der Waals surface area contributed by atoms with Crippen LogP contribution in [0.25, 0.3) is 0 Å². The zero-order valence-corrected chi connectivity index (χ0v) is 13.7. The van der Waals surface area contributed by atoms with Crippen molar-refractivity contribution in [2.45, 2.75) is 13.8 Å². The molecule has 1 aromatic carbocycles. The maximum Gasteiger partial charge on any atom is 0.273 e. The summed E-state index contributed by atoms with van der Waals surface area (Å²) in [7, 11) is 1.44. The SMILES string of the molecule is COc1cc([N+](=O)[O-])ccc1NC(=S)Nc1cc(C)cc(C)n1. The second-order valence-corrected chi connectivity index (χ2v) is 5.30. The van der Waals surface area contributed by atoms with Gasteiger partial charge < -0.3 is 15.4 Å². The van der Waals surface area contributed by atoms with Gasteiger partial charge in [-0.15, -0.1) is 0 Å². The van der Waals surface area contributed by atoms with Crippen molar-refractivity contribution in [3.8, 4) is 5.75 Å². The number of methoxy groups -OCH3 is 1. The van der Waals surface area contributed by atoms with Crippen LogP contribution in [0.4, 0.5) is 17.2 Å². The van der Waals surface area contributed by atoms with Gasteiger partial charge in [-0.2, -0.15) is 0 Å². The Kier molecular flexibility index (Phi) is 5.07. The summed E-state index contributed by atoms with van der Waals surface area (Å²) in [5.74, 6) is 0.956. The molecule has 0 aliphatic rings. The second kappa shape index (κ2) is 7.01. The van der Waals surface area contributed by atoms with Gasteiger partial charge in [0.15, 0.2) is 5.11 Å². The minimum atomic E-state index is -0.484. The highest BCUT2D eigenvalue weighted by molar-refractivity contribution is 7.80. The smallest absolute Gasteiger partial charge is 0.273 e. The first kappa shape index (κ1) is 16.6. The van der Waals surface area contributed by atoms with E-state index in [-0.39, 0.29) is 5.69 Å². The summed E-state index contributed by atoms with van der Waals surface area (Å²) in [5, 5.41) is 17.0. The Morgan fingerprint density at radius 1 is 1.26 bits per heavy atom. The van der Waals surface area contributed by atoms with Gasteiger partial charge >= 0.3 is 0 Å². The van der Waals surface area contributed by atoms with Crippen molar-refractivity contribution >= 4 is 34.5 Å². The number of hydrogen-bond donors (Lipinski definition) is 2. The summed E-state index contributed by atoms with van der Waals surface area (Å²) in [4.78, 5) is 14.6. The molecule has 0 amide bonds. The predicted octanol–water partition coefficient (Wildman–Crippen LogP) is 3.42. The molecular weight excluding hydrogens is 316 g/mol. The van der Waals surface area contributed by atoms with Gasteiger partial charge in [0, 0.05) is 11.8 Å². The van der Waals surface area contributed by atoms with E-state index in [9.17, 15) is 10.1 Å². The first-order valence-corrected chi connectivity index (χ1v) is 7.15. The van der Waals surface area contributed by atoms with Crippen molar-refractivity contribution in [3.63, 3.8) is 0 Å². The maximum atomic E-state index is 10.8. The summed E-state index contributed by atoms with van der Waals surface area (Å²) < 4.78 is 5.16. The summed E-state index contributed by atoms with van der Waals surface area (Å²) in [6, 6.07) is 8.08.